The lowest BCUT2D eigenvalue weighted by atomic mass is 9.91. The predicted octanol–water partition coefficient (Wildman–Crippen LogP) is -0.351. The molecule has 0 amide bonds. The third-order valence-electron chi connectivity index (χ3n) is 3.77. The molecule has 6 heteroatoms. The molecule has 0 aromatic carbocycles. The zero-order chi connectivity index (χ0) is 13.7. The second-order valence-corrected chi connectivity index (χ2v) is 5.78. The summed E-state index contributed by atoms with van der Waals surface area (Å²) in [5, 5.41) is 0. The summed E-state index contributed by atoms with van der Waals surface area (Å²) >= 11 is 0. The van der Waals surface area contributed by atoms with Crippen LogP contribution in [0.2, 0.25) is 0 Å². The maximum absolute atomic E-state index is 11.6. The van der Waals surface area contributed by atoms with E-state index in [1.54, 1.807) is 0 Å². The van der Waals surface area contributed by atoms with E-state index >= 15 is 0 Å². The molecule has 4 N–H and O–H groups in total. The van der Waals surface area contributed by atoms with Gasteiger partial charge in [-0.15, -0.1) is 0 Å². The van der Waals surface area contributed by atoms with E-state index in [9.17, 15) is 4.79 Å². The van der Waals surface area contributed by atoms with Crippen molar-refractivity contribution >= 4 is 5.97 Å². The predicted molar refractivity (Wildman–Crippen MR) is 69.4 cm³/mol. The fourth-order valence-electron chi connectivity index (χ4n) is 2.52. The van der Waals surface area contributed by atoms with Crippen LogP contribution in [0, 0.1) is 11.8 Å². The Kier molecular flexibility index (Phi) is 5.15. The third-order valence-corrected chi connectivity index (χ3v) is 3.77. The largest absolute Gasteiger partial charge is 0.466 e. The summed E-state index contributed by atoms with van der Waals surface area (Å²) in [7, 11) is 0. The molecule has 110 valence electrons. The van der Waals surface area contributed by atoms with Crippen LogP contribution in [0.5, 0.6) is 0 Å². The highest BCUT2D eigenvalue weighted by Crippen LogP contribution is 2.22. The van der Waals surface area contributed by atoms with Gasteiger partial charge in [-0.25, -0.2) is 0 Å². The van der Waals surface area contributed by atoms with Crippen molar-refractivity contribution < 1.29 is 19.0 Å². The molecule has 0 aromatic rings. The highest BCUT2D eigenvalue weighted by molar-refractivity contribution is 5.71. The summed E-state index contributed by atoms with van der Waals surface area (Å²) < 4.78 is 15.7. The van der Waals surface area contributed by atoms with Crippen molar-refractivity contribution in [2.45, 2.75) is 24.8 Å². The van der Waals surface area contributed by atoms with E-state index in [0.29, 0.717) is 38.2 Å². The van der Waals surface area contributed by atoms with Crippen LogP contribution >= 0.6 is 0 Å². The Morgan fingerprint density at radius 1 is 1.26 bits per heavy atom. The summed E-state index contributed by atoms with van der Waals surface area (Å²) in [6.45, 7) is 3.46. The fraction of sp³-hybridized carbons (Fsp3) is 0.923. The molecular weight excluding hydrogens is 248 g/mol. The van der Waals surface area contributed by atoms with Gasteiger partial charge in [-0.1, -0.05) is 0 Å². The Balaban J connectivity index is 1.59. The van der Waals surface area contributed by atoms with Crippen LogP contribution in [0.15, 0.2) is 0 Å². The van der Waals surface area contributed by atoms with Gasteiger partial charge in [0.05, 0.1) is 38.4 Å². The van der Waals surface area contributed by atoms with Crippen LogP contribution in [0.25, 0.3) is 0 Å². The number of carbonyl (C=O) groups is 1. The molecule has 0 aromatic heterocycles. The molecule has 2 unspecified atom stereocenters. The Morgan fingerprint density at radius 3 is 2.63 bits per heavy atom. The van der Waals surface area contributed by atoms with Crippen molar-refractivity contribution in [2.24, 2.45) is 23.3 Å². The maximum atomic E-state index is 11.6. The first-order valence-corrected chi connectivity index (χ1v) is 6.91. The maximum Gasteiger partial charge on any atom is 0.307 e. The molecule has 0 bridgehead atoms. The smallest absolute Gasteiger partial charge is 0.307 e. The first kappa shape index (κ1) is 14.7. The Morgan fingerprint density at radius 2 is 2.00 bits per heavy atom. The second kappa shape index (κ2) is 6.65. The third kappa shape index (κ3) is 4.42. The van der Waals surface area contributed by atoms with Crippen molar-refractivity contribution in [3.05, 3.63) is 0 Å². The van der Waals surface area contributed by atoms with Gasteiger partial charge >= 0.3 is 5.97 Å². The Hall–Kier alpha value is -0.690. The minimum Gasteiger partial charge on any atom is -0.466 e. The van der Waals surface area contributed by atoms with E-state index in [2.05, 4.69) is 0 Å². The van der Waals surface area contributed by atoms with Gasteiger partial charge in [-0.3, -0.25) is 4.79 Å². The van der Waals surface area contributed by atoms with Crippen LogP contribution in [0.3, 0.4) is 0 Å². The van der Waals surface area contributed by atoms with Gasteiger partial charge in [-0.05, 0) is 31.2 Å². The quantitative estimate of drug-likeness (QED) is 0.641. The minimum atomic E-state index is -0.504. The van der Waals surface area contributed by atoms with Crippen molar-refractivity contribution in [2.75, 3.05) is 39.6 Å². The molecule has 6 nitrogen and oxygen atoms in total. The summed E-state index contributed by atoms with van der Waals surface area (Å²) in [5.41, 5.74) is 11.0. The zero-order valence-electron chi connectivity index (χ0n) is 11.3. The Bertz CT molecular complexity index is 307. The summed E-state index contributed by atoms with van der Waals surface area (Å²) in [6.07, 6.45) is 2.12. The van der Waals surface area contributed by atoms with Gasteiger partial charge in [0.25, 0.3) is 0 Å². The summed E-state index contributed by atoms with van der Waals surface area (Å²) in [4.78, 5) is 11.6. The van der Waals surface area contributed by atoms with E-state index in [0.717, 1.165) is 26.1 Å². The van der Waals surface area contributed by atoms with Gasteiger partial charge in [0.2, 0.25) is 0 Å². The standard InChI is InChI=1S/C13H24N2O4/c14-5-11-3-10(6-17-7-11)1-2-19-12(16)4-13(15)8-18-9-13/h10-11H,1-9,14-15H2. The van der Waals surface area contributed by atoms with Crippen LogP contribution in [-0.2, 0) is 19.0 Å². The van der Waals surface area contributed by atoms with E-state index < -0.39 is 5.54 Å². The number of rotatable bonds is 6. The second-order valence-electron chi connectivity index (χ2n) is 5.78. The summed E-state index contributed by atoms with van der Waals surface area (Å²) in [6, 6.07) is 0. The average Bonchev–Trinajstić information content (AvgIpc) is 2.37. The molecule has 0 spiro atoms. The van der Waals surface area contributed by atoms with Gasteiger partial charge < -0.3 is 25.7 Å². The highest BCUT2D eigenvalue weighted by Gasteiger charge is 2.37. The first-order valence-electron chi connectivity index (χ1n) is 6.91. The van der Waals surface area contributed by atoms with Crippen LogP contribution in [0.4, 0.5) is 0 Å². The van der Waals surface area contributed by atoms with Gasteiger partial charge in [0, 0.05) is 6.61 Å². The van der Waals surface area contributed by atoms with Crippen molar-refractivity contribution in [1.82, 2.24) is 0 Å². The molecule has 2 aliphatic rings. The zero-order valence-corrected chi connectivity index (χ0v) is 11.3. The SMILES string of the molecule is NCC1COCC(CCOC(=O)CC2(N)COC2)C1. The molecule has 2 saturated heterocycles. The van der Waals surface area contributed by atoms with Crippen molar-refractivity contribution in [3.8, 4) is 0 Å². The molecule has 2 rings (SSSR count). The normalized spacial score (nSPS) is 29.6. The van der Waals surface area contributed by atoms with E-state index in [1.807, 2.05) is 0 Å². The lowest BCUT2D eigenvalue weighted by molar-refractivity contribution is -0.151. The number of esters is 1. The Labute approximate surface area is 113 Å². The average molecular weight is 272 g/mol. The fourth-order valence-corrected chi connectivity index (χ4v) is 2.52. The molecular formula is C13H24N2O4. The van der Waals surface area contributed by atoms with E-state index in [-0.39, 0.29) is 12.4 Å². The molecule has 2 aliphatic heterocycles. The molecule has 0 radical (unpaired) electrons. The van der Waals surface area contributed by atoms with Gasteiger partial charge in [-0.2, -0.15) is 0 Å². The topological polar surface area (TPSA) is 96.8 Å². The molecule has 2 heterocycles. The van der Waals surface area contributed by atoms with E-state index in [4.69, 9.17) is 25.7 Å². The van der Waals surface area contributed by atoms with Gasteiger partial charge in [0.15, 0.2) is 0 Å². The number of hydrogen-bond acceptors (Lipinski definition) is 6. The number of nitrogens with two attached hydrogens (primary N) is 2. The molecule has 2 fully saturated rings. The monoisotopic (exact) mass is 272 g/mol. The molecule has 2 atom stereocenters. The minimum absolute atomic E-state index is 0.236. The van der Waals surface area contributed by atoms with Crippen LogP contribution in [0.1, 0.15) is 19.3 Å². The van der Waals surface area contributed by atoms with E-state index in [1.165, 1.54) is 0 Å². The van der Waals surface area contributed by atoms with Crippen molar-refractivity contribution in [1.29, 1.82) is 0 Å². The van der Waals surface area contributed by atoms with Crippen LogP contribution in [-0.4, -0.2) is 51.1 Å². The summed E-state index contributed by atoms with van der Waals surface area (Å²) in [5.74, 6) is 0.640. The van der Waals surface area contributed by atoms with Gasteiger partial charge in [0.1, 0.15) is 0 Å². The number of carbonyl (C=O) groups excluding carboxylic acids is 1. The van der Waals surface area contributed by atoms with Crippen molar-refractivity contribution in [3.63, 3.8) is 0 Å². The molecule has 0 saturated carbocycles. The molecule has 19 heavy (non-hydrogen) atoms. The lowest BCUT2D eigenvalue weighted by Crippen LogP contribution is -2.58. The highest BCUT2D eigenvalue weighted by atomic mass is 16.5. The number of ether oxygens (including phenoxy) is 3. The molecule has 0 aliphatic carbocycles. The van der Waals surface area contributed by atoms with Crippen LogP contribution < -0.4 is 11.5 Å². The lowest BCUT2D eigenvalue weighted by Gasteiger charge is -2.36. The first-order chi connectivity index (χ1) is 9.11. The number of hydrogen-bond donors (Lipinski definition) is 2.